The van der Waals surface area contributed by atoms with Crippen LogP contribution in [0.5, 0.6) is 0 Å². The Kier molecular flexibility index (Phi) is 4.39. The van der Waals surface area contributed by atoms with E-state index in [4.69, 9.17) is 0 Å². The van der Waals surface area contributed by atoms with Gasteiger partial charge in [-0.25, -0.2) is 0 Å². The Morgan fingerprint density at radius 2 is 2.00 bits per heavy atom. The highest BCUT2D eigenvalue weighted by Crippen LogP contribution is 2.29. The summed E-state index contributed by atoms with van der Waals surface area (Å²) in [4.78, 5) is 10.5. The first kappa shape index (κ1) is 14.5. The molecule has 0 spiro atoms. The van der Waals surface area contributed by atoms with Crippen LogP contribution in [0.15, 0.2) is 40.9 Å². The molecule has 0 aliphatic rings. The maximum Gasteiger partial charge on any atom is 0.283 e. The van der Waals surface area contributed by atoms with Gasteiger partial charge in [-0.05, 0) is 52.5 Å². The lowest BCUT2D eigenvalue weighted by Crippen LogP contribution is -2.03. The largest absolute Gasteiger partial charge is 0.381 e. The van der Waals surface area contributed by atoms with Crippen LogP contribution in [0.1, 0.15) is 16.7 Å². The summed E-state index contributed by atoms with van der Waals surface area (Å²) in [6, 6.07) is 11.2. The minimum absolute atomic E-state index is 0.0882. The van der Waals surface area contributed by atoms with Crippen molar-refractivity contribution in [3.05, 3.63) is 67.7 Å². The Morgan fingerprint density at radius 3 is 2.70 bits per heavy atom. The molecule has 2 rings (SSSR count). The lowest BCUT2D eigenvalue weighted by molar-refractivity contribution is -0.385. The van der Waals surface area contributed by atoms with E-state index in [1.807, 2.05) is 19.9 Å². The van der Waals surface area contributed by atoms with Gasteiger partial charge in [0.05, 0.1) is 4.92 Å². The average Bonchev–Trinajstić information content (AvgIpc) is 2.41. The van der Waals surface area contributed by atoms with Crippen molar-refractivity contribution in [2.24, 2.45) is 0 Å². The van der Waals surface area contributed by atoms with E-state index < -0.39 is 0 Å². The van der Waals surface area contributed by atoms with Gasteiger partial charge < -0.3 is 5.32 Å². The average molecular weight is 335 g/mol. The number of anilines is 1. The van der Waals surface area contributed by atoms with E-state index in [0.717, 1.165) is 16.8 Å². The molecule has 2 aromatic carbocycles. The molecule has 4 nitrogen and oxygen atoms in total. The summed E-state index contributed by atoms with van der Waals surface area (Å²) in [5.41, 5.74) is 4.32. The number of benzene rings is 2. The van der Waals surface area contributed by atoms with Gasteiger partial charge in [0.1, 0.15) is 4.47 Å². The zero-order valence-electron chi connectivity index (χ0n) is 11.3. The van der Waals surface area contributed by atoms with Gasteiger partial charge in [0, 0.05) is 18.3 Å². The van der Waals surface area contributed by atoms with Crippen LogP contribution in [0, 0.1) is 24.0 Å². The molecule has 0 heterocycles. The number of hydrogen-bond donors (Lipinski definition) is 1. The molecule has 2 aromatic rings. The van der Waals surface area contributed by atoms with Gasteiger partial charge in [-0.1, -0.05) is 24.3 Å². The molecule has 0 amide bonds. The molecule has 0 radical (unpaired) electrons. The standard InChI is InChI=1S/C15H15BrN2O2/c1-10-6-7-11(2)13(8-10)17-9-12-4-3-5-14(15(12)16)18(19)20/h3-8,17H,9H2,1-2H3. The second-order valence-electron chi connectivity index (χ2n) is 4.68. The van der Waals surface area contributed by atoms with E-state index >= 15 is 0 Å². The quantitative estimate of drug-likeness (QED) is 0.657. The first-order valence-corrected chi connectivity index (χ1v) is 7.01. The third-order valence-corrected chi connectivity index (χ3v) is 4.03. The monoisotopic (exact) mass is 334 g/mol. The molecule has 104 valence electrons. The van der Waals surface area contributed by atoms with E-state index in [1.54, 1.807) is 6.07 Å². The van der Waals surface area contributed by atoms with Crippen molar-refractivity contribution in [3.8, 4) is 0 Å². The van der Waals surface area contributed by atoms with Crippen molar-refractivity contribution in [1.29, 1.82) is 0 Å². The first-order chi connectivity index (χ1) is 9.49. The number of aryl methyl sites for hydroxylation is 2. The number of rotatable bonds is 4. The molecule has 0 bridgehead atoms. The summed E-state index contributed by atoms with van der Waals surface area (Å²) in [6.45, 7) is 4.60. The molecule has 0 unspecified atom stereocenters. The minimum atomic E-state index is -0.383. The molecule has 0 saturated heterocycles. The highest BCUT2D eigenvalue weighted by atomic mass is 79.9. The zero-order chi connectivity index (χ0) is 14.7. The molecule has 0 aliphatic heterocycles. The van der Waals surface area contributed by atoms with Gasteiger partial charge in [0.2, 0.25) is 0 Å². The van der Waals surface area contributed by atoms with Crippen LogP contribution in [0.4, 0.5) is 11.4 Å². The van der Waals surface area contributed by atoms with Gasteiger partial charge >= 0.3 is 0 Å². The number of halogens is 1. The topological polar surface area (TPSA) is 55.2 Å². The fourth-order valence-corrected chi connectivity index (χ4v) is 2.51. The Hall–Kier alpha value is -1.88. The number of nitro benzene ring substituents is 1. The molecule has 20 heavy (non-hydrogen) atoms. The van der Waals surface area contributed by atoms with Crippen LogP contribution in [0.3, 0.4) is 0 Å². The van der Waals surface area contributed by atoms with Crippen molar-refractivity contribution in [3.63, 3.8) is 0 Å². The maximum atomic E-state index is 10.9. The fourth-order valence-electron chi connectivity index (χ4n) is 1.96. The summed E-state index contributed by atoms with van der Waals surface area (Å²) >= 11 is 3.31. The van der Waals surface area contributed by atoms with Crippen LogP contribution in [0.2, 0.25) is 0 Å². The second kappa shape index (κ2) is 6.05. The van der Waals surface area contributed by atoms with E-state index in [0.29, 0.717) is 11.0 Å². The van der Waals surface area contributed by atoms with Crippen molar-refractivity contribution in [2.75, 3.05) is 5.32 Å². The molecule has 5 heteroatoms. The lowest BCUT2D eigenvalue weighted by atomic mass is 10.1. The summed E-state index contributed by atoms with van der Waals surface area (Å²) in [5.74, 6) is 0. The van der Waals surface area contributed by atoms with Crippen LogP contribution in [0.25, 0.3) is 0 Å². The SMILES string of the molecule is Cc1ccc(C)c(NCc2cccc([N+](=O)[O-])c2Br)c1. The van der Waals surface area contributed by atoms with E-state index in [-0.39, 0.29) is 10.6 Å². The fraction of sp³-hybridized carbons (Fsp3) is 0.200. The summed E-state index contributed by atoms with van der Waals surface area (Å²) in [6.07, 6.45) is 0. The summed E-state index contributed by atoms with van der Waals surface area (Å²) < 4.78 is 0.530. The predicted molar refractivity (Wildman–Crippen MR) is 84.0 cm³/mol. The molecular weight excluding hydrogens is 320 g/mol. The molecule has 0 aromatic heterocycles. The van der Waals surface area contributed by atoms with Crippen LogP contribution < -0.4 is 5.32 Å². The third kappa shape index (κ3) is 3.17. The van der Waals surface area contributed by atoms with Gasteiger partial charge in [0.25, 0.3) is 5.69 Å². The van der Waals surface area contributed by atoms with Gasteiger partial charge in [0.15, 0.2) is 0 Å². The Labute approximate surface area is 126 Å². The molecule has 0 saturated carbocycles. The zero-order valence-corrected chi connectivity index (χ0v) is 12.9. The Morgan fingerprint density at radius 1 is 1.25 bits per heavy atom. The minimum Gasteiger partial charge on any atom is -0.381 e. The summed E-state index contributed by atoms with van der Waals surface area (Å²) in [5, 5.41) is 14.2. The number of nitrogens with zero attached hydrogens (tertiary/aromatic N) is 1. The van der Waals surface area contributed by atoms with Crippen LogP contribution in [-0.4, -0.2) is 4.92 Å². The Bertz CT molecular complexity index is 656. The molecule has 0 atom stereocenters. The van der Waals surface area contributed by atoms with Crippen molar-refractivity contribution >= 4 is 27.3 Å². The van der Waals surface area contributed by atoms with Gasteiger partial charge in [-0.3, -0.25) is 10.1 Å². The van der Waals surface area contributed by atoms with Gasteiger partial charge in [-0.15, -0.1) is 0 Å². The highest BCUT2D eigenvalue weighted by molar-refractivity contribution is 9.10. The maximum absolute atomic E-state index is 10.9. The second-order valence-corrected chi connectivity index (χ2v) is 5.47. The summed E-state index contributed by atoms with van der Waals surface area (Å²) in [7, 11) is 0. The molecule has 0 aliphatic carbocycles. The number of nitro groups is 1. The van der Waals surface area contributed by atoms with E-state index in [2.05, 4.69) is 39.4 Å². The third-order valence-electron chi connectivity index (χ3n) is 3.12. The number of hydrogen-bond acceptors (Lipinski definition) is 3. The normalized spacial score (nSPS) is 10.3. The van der Waals surface area contributed by atoms with Crippen LogP contribution >= 0.6 is 15.9 Å². The number of nitrogens with one attached hydrogen (secondary N) is 1. The van der Waals surface area contributed by atoms with Crippen molar-refractivity contribution < 1.29 is 4.92 Å². The molecule has 1 N–H and O–H groups in total. The van der Waals surface area contributed by atoms with E-state index in [1.165, 1.54) is 11.6 Å². The van der Waals surface area contributed by atoms with Gasteiger partial charge in [-0.2, -0.15) is 0 Å². The van der Waals surface area contributed by atoms with E-state index in [9.17, 15) is 10.1 Å². The van der Waals surface area contributed by atoms with Crippen molar-refractivity contribution in [2.45, 2.75) is 20.4 Å². The first-order valence-electron chi connectivity index (χ1n) is 6.22. The smallest absolute Gasteiger partial charge is 0.283 e. The predicted octanol–water partition coefficient (Wildman–Crippen LogP) is 4.59. The van der Waals surface area contributed by atoms with Crippen molar-refractivity contribution in [1.82, 2.24) is 0 Å². The molecule has 0 fully saturated rings. The lowest BCUT2D eigenvalue weighted by Gasteiger charge is -2.11. The Balaban J connectivity index is 2.21. The highest BCUT2D eigenvalue weighted by Gasteiger charge is 2.14. The van der Waals surface area contributed by atoms with Crippen LogP contribution in [-0.2, 0) is 6.54 Å². The molecular formula is C15H15BrN2O2.